The maximum atomic E-state index is 11.2. The van der Waals surface area contributed by atoms with Gasteiger partial charge in [-0.25, -0.2) is 0 Å². The summed E-state index contributed by atoms with van der Waals surface area (Å²) in [6.45, 7) is 3.62. The molecule has 0 saturated heterocycles. The second-order valence-electron chi connectivity index (χ2n) is 4.55. The van der Waals surface area contributed by atoms with Crippen molar-refractivity contribution >= 4 is 29.1 Å². The highest BCUT2D eigenvalue weighted by Gasteiger charge is 2.13. The number of Topliss-reactive ketones (excluding diaryl/α,β-unsaturated/α-hetero) is 1. The maximum absolute atomic E-state index is 11.2. The number of halogens is 1. The summed E-state index contributed by atoms with van der Waals surface area (Å²) in [5.41, 5.74) is 2.71. The molecule has 1 aromatic heterocycles. The van der Waals surface area contributed by atoms with Gasteiger partial charge in [-0.15, -0.1) is 11.8 Å². The van der Waals surface area contributed by atoms with Gasteiger partial charge in [0.05, 0.1) is 16.4 Å². The lowest BCUT2D eigenvalue weighted by Crippen LogP contribution is -1.97. The Balaban J connectivity index is 2.09. The molecule has 1 aromatic carbocycles. The molecule has 5 heteroatoms. The van der Waals surface area contributed by atoms with Crippen LogP contribution in [0.15, 0.2) is 29.2 Å². The minimum Gasteiger partial charge on any atom is -0.295 e. The Morgan fingerprint density at radius 1 is 1.35 bits per heavy atom. The van der Waals surface area contributed by atoms with E-state index in [1.54, 1.807) is 18.7 Å². The Morgan fingerprint density at radius 2 is 2.00 bits per heavy atom. The van der Waals surface area contributed by atoms with Gasteiger partial charge in [0.2, 0.25) is 0 Å². The van der Waals surface area contributed by atoms with Crippen molar-refractivity contribution in [2.45, 2.75) is 30.9 Å². The molecule has 0 saturated carbocycles. The molecule has 2 rings (SSSR count). The second-order valence-corrected chi connectivity index (χ2v) is 5.98. The van der Waals surface area contributed by atoms with Crippen LogP contribution in [-0.2, 0) is 19.2 Å². The van der Waals surface area contributed by atoms with Crippen LogP contribution >= 0.6 is 23.4 Å². The summed E-state index contributed by atoms with van der Waals surface area (Å²) in [6.07, 6.45) is 0.838. The summed E-state index contributed by atoms with van der Waals surface area (Å²) in [5, 5.41) is 5.17. The van der Waals surface area contributed by atoms with E-state index in [0.717, 1.165) is 39.0 Å². The van der Waals surface area contributed by atoms with Gasteiger partial charge in [0.15, 0.2) is 5.78 Å². The first-order valence-electron chi connectivity index (χ1n) is 6.47. The number of carbonyl (C=O) groups is 1. The molecular weight excluding hydrogens is 292 g/mol. The number of nitrogens with zero attached hydrogens (tertiary/aromatic N) is 2. The van der Waals surface area contributed by atoms with Gasteiger partial charge >= 0.3 is 0 Å². The number of ketones is 1. The molecule has 0 aliphatic rings. The number of aromatic nitrogens is 2. The maximum Gasteiger partial charge on any atom is 0.159 e. The van der Waals surface area contributed by atoms with Gasteiger partial charge in [0.1, 0.15) is 0 Å². The molecule has 0 N–H and O–H groups in total. The summed E-state index contributed by atoms with van der Waals surface area (Å²) in [4.78, 5) is 12.3. The van der Waals surface area contributed by atoms with Crippen LogP contribution in [0.1, 0.15) is 35.6 Å². The van der Waals surface area contributed by atoms with Crippen LogP contribution in [0.2, 0.25) is 5.02 Å². The smallest absolute Gasteiger partial charge is 0.159 e. The van der Waals surface area contributed by atoms with Crippen molar-refractivity contribution in [3.8, 4) is 0 Å². The lowest BCUT2D eigenvalue weighted by atomic mass is 10.2. The molecule has 0 radical (unpaired) electrons. The molecule has 106 valence electrons. The van der Waals surface area contributed by atoms with E-state index < -0.39 is 0 Å². The zero-order chi connectivity index (χ0) is 14.7. The third kappa shape index (κ3) is 3.25. The van der Waals surface area contributed by atoms with Crippen LogP contribution in [0.4, 0.5) is 0 Å². The Bertz CT molecular complexity index is 620. The zero-order valence-corrected chi connectivity index (χ0v) is 13.4. The normalized spacial score (nSPS) is 10.8. The molecule has 0 spiro atoms. The van der Waals surface area contributed by atoms with Gasteiger partial charge in [-0.2, -0.15) is 5.10 Å². The Kier molecular flexibility index (Phi) is 4.89. The van der Waals surface area contributed by atoms with Crippen LogP contribution in [0.25, 0.3) is 0 Å². The van der Waals surface area contributed by atoms with E-state index >= 15 is 0 Å². The van der Waals surface area contributed by atoms with Crippen LogP contribution in [0.5, 0.6) is 0 Å². The third-order valence-electron chi connectivity index (χ3n) is 3.14. The van der Waals surface area contributed by atoms with E-state index in [4.69, 9.17) is 11.6 Å². The summed E-state index contributed by atoms with van der Waals surface area (Å²) in [5.74, 6) is 0.852. The molecule has 0 bridgehead atoms. The number of hydrogen-bond acceptors (Lipinski definition) is 3. The number of carbonyl (C=O) groups excluding carboxylic acids is 1. The van der Waals surface area contributed by atoms with Crippen molar-refractivity contribution in [1.29, 1.82) is 0 Å². The summed E-state index contributed by atoms with van der Waals surface area (Å²) in [6, 6.07) is 7.64. The number of aryl methyl sites for hydroxylation is 2. The topological polar surface area (TPSA) is 34.9 Å². The average Bonchev–Trinajstić information content (AvgIpc) is 2.71. The van der Waals surface area contributed by atoms with Crippen LogP contribution < -0.4 is 0 Å². The summed E-state index contributed by atoms with van der Waals surface area (Å²) < 4.78 is 1.85. The zero-order valence-electron chi connectivity index (χ0n) is 11.8. The first-order chi connectivity index (χ1) is 9.52. The molecule has 0 aliphatic heterocycles. The van der Waals surface area contributed by atoms with Gasteiger partial charge in [-0.3, -0.25) is 9.48 Å². The van der Waals surface area contributed by atoms with Crippen molar-refractivity contribution in [2.75, 3.05) is 0 Å². The highest BCUT2D eigenvalue weighted by atomic mass is 35.5. The van der Waals surface area contributed by atoms with Crippen molar-refractivity contribution in [1.82, 2.24) is 9.78 Å². The van der Waals surface area contributed by atoms with Gasteiger partial charge in [-0.05, 0) is 25.5 Å². The van der Waals surface area contributed by atoms with Crippen molar-refractivity contribution < 1.29 is 4.79 Å². The van der Waals surface area contributed by atoms with E-state index in [-0.39, 0.29) is 5.78 Å². The van der Waals surface area contributed by atoms with Gasteiger partial charge in [-0.1, -0.05) is 30.7 Å². The van der Waals surface area contributed by atoms with E-state index in [1.165, 1.54) is 0 Å². The molecule has 0 atom stereocenters. The lowest BCUT2D eigenvalue weighted by molar-refractivity contribution is 0.101. The Morgan fingerprint density at radius 3 is 2.50 bits per heavy atom. The minimum absolute atomic E-state index is 0.0869. The first kappa shape index (κ1) is 15.1. The fraction of sp³-hybridized carbons (Fsp3) is 0.333. The second kappa shape index (κ2) is 6.46. The Labute approximate surface area is 128 Å². The SMILES string of the molecule is CCc1nn(C)c(CSc2ccc(C(C)=O)cc2)c1Cl. The average molecular weight is 309 g/mol. The van der Waals surface area contributed by atoms with Crippen molar-refractivity contribution in [3.63, 3.8) is 0 Å². The Hall–Kier alpha value is -1.26. The molecule has 0 fully saturated rings. The predicted octanol–water partition coefficient (Wildman–Crippen LogP) is 4.13. The molecule has 1 heterocycles. The predicted molar refractivity (Wildman–Crippen MR) is 83.6 cm³/mol. The van der Waals surface area contributed by atoms with Crippen LogP contribution in [0, 0.1) is 0 Å². The fourth-order valence-electron chi connectivity index (χ4n) is 1.91. The highest BCUT2D eigenvalue weighted by molar-refractivity contribution is 7.98. The van der Waals surface area contributed by atoms with Crippen LogP contribution in [-0.4, -0.2) is 15.6 Å². The fourth-order valence-corrected chi connectivity index (χ4v) is 3.32. The largest absolute Gasteiger partial charge is 0.295 e. The lowest BCUT2D eigenvalue weighted by Gasteiger charge is -2.04. The van der Waals surface area contributed by atoms with Gasteiger partial charge in [0.25, 0.3) is 0 Å². The number of benzene rings is 1. The van der Waals surface area contributed by atoms with E-state index in [1.807, 2.05) is 42.9 Å². The summed E-state index contributed by atoms with van der Waals surface area (Å²) >= 11 is 8.01. The summed E-state index contributed by atoms with van der Waals surface area (Å²) in [7, 11) is 1.92. The minimum atomic E-state index is 0.0869. The third-order valence-corrected chi connectivity index (χ3v) is 4.60. The quantitative estimate of drug-likeness (QED) is 0.615. The molecule has 0 aliphatic carbocycles. The van der Waals surface area contributed by atoms with E-state index in [9.17, 15) is 4.79 Å². The molecular formula is C15H17ClN2OS. The molecule has 3 nitrogen and oxygen atoms in total. The van der Waals surface area contributed by atoms with Crippen molar-refractivity contribution in [3.05, 3.63) is 46.2 Å². The molecule has 0 amide bonds. The highest BCUT2D eigenvalue weighted by Crippen LogP contribution is 2.28. The van der Waals surface area contributed by atoms with Crippen LogP contribution in [0.3, 0.4) is 0 Å². The van der Waals surface area contributed by atoms with Gasteiger partial charge < -0.3 is 0 Å². The number of thioether (sulfide) groups is 1. The van der Waals surface area contributed by atoms with E-state index in [0.29, 0.717) is 0 Å². The van der Waals surface area contributed by atoms with Crippen molar-refractivity contribution in [2.24, 2.45) is 7.05 Å². The van der Waals surface area contributed by atoms with E-state index in [2.05, 4.69) is 5.10 Å². The standard InChI is InChI=1S/C15H17ClN2OS/c1-4-13-15(16)14(18(3)17-13)9-20-12-7-5-11(6-8-12)10(2)19/h5-8H,4,9H2,1-3H3. The van der Waals surface area contributed by atoms with Gasteiger partial charge in [0, 0.05) is 23.3 Å². The first-order valence-corrected chi connectivity index (χ1v) is 7.83. The molecule has 0 unspecified atom stereocenters. The number of rotatable bonds is 5. The monoisotopic (exact) mass is 308 g/mol. The molecule has 20 heavy (non-hydrogen) atoms. The molecule has 2 aromatic rings. The number of hydrogen-bond donors (Lipinski definition) is 0.